The molecule has 1 saturated heterocycles. The molecule has 0 unspecified atom stereocenters. The number of amides is 2. The fourth-order valence-electron chi connectivity index (χ4n) is 3.64. The fourth-order valence-corrected chi connectivity index (χ4v) is 3.64. The van der Waals surface area contributed by atoms with Crippen molar-refractivity contribution in [1.82, 2.24) is 20.1 Å². The van der Waals surface area contributed by atoms with Crippen molar-refractivity contribution in [3.63, 3.8) is 0 Å². The number of methoxy groups -OCH3 is 3. The van der Waals surface area contributed by atoms with Crippen molar-refractivity contribution in [2.45, 2.75) is 0 Å². The second-order valence-corrected chi connectivity index (χ2v) is 7.46. The molecule has 2 amide bonds. The summed E-state index contributed by atoms with van der Waals surface area (Å²) in [4.78, 5) is 20.7. The lowest BCUT2D eigenvalue weighted by atomic mass is 10.2. The number of nitrogens with one attached hydrogen (secondary N) is 2. The van der Waals surface area contributed by atoms with Gasteiger partial charge in [-0.3, -0.25) is 4.98 Å². The lowest BCUT2D eigenvalue weighted by molar-refractivity contribution is 0.208. The fraction of sp³-hybridized carbons (Fsp3) is 0.304. The molecule has 1 aliphatic heterocycles. The molecule has 11 nitrogen and oxygen atoms in total. The number of carbonyl (C=O) groups excluding carboxylic acids is 1. The SMILES string of the molecule is COc1cc(NC(=O)N2CCN(c3ccc(Nc4ccncc4)nn3)CC2)cc(OC)c1OC. The van der Waals surface area contributed by atoms with Crippen molar-refractivity contribution in [3.8, 4) is 17.2 Å². The summed E-state index contributed by atoms with van der Waals surface area (Å²) in [7, 11) is 4.60. The zero-order valence-electron chi connectivity index (χ0n) is 19.3. The molecule has 11 heteroatoms. The first-order valence-electron chi connectivity index (χ1n) is 10.7. The summed E-state index contributed by atoms with van der Waals surface area (Å²) in [5, 5.41) is 14.7. The quantitative estimate of drug-likeness (QED) is 0.543. The highest BCUT2D eigenvalue weighted by molar-refractivity contribution is 5.90. The van der Waals surface area contributed by atoms with E-state index in [-0.39, 0.29) is 6.03 Å². The number of carbonyl (C=O) groups is 1. The van der Waals surface area contributed by atoms with E-state index in [4.69, 9.17) is 14.2 Å². The van der Waals surface area contributed by atoms with E-state index in [0.717, 1.165) is 11.5 Å². The highest BCUT2D eigenvalue weighted by Gasteiger charge is 2.23. The van der Waals surface area contributed by atoms with Crippen LogP contribution in [0, 0.1) is 0 Å². The maximum atomic E-state index is 12.8. The van der Waals surface area contributed by atoms with Crippen LogP contribution in [0.15, 0.2) is 48.8 Å². The summed E-state index contributed by atoms with van der Waals surface area (Å²) in [5.74, 6) is 2.84. The predicted molar refractivity (Wildman–Crippen MR) is 128 cm³/mol. The standard InChI is InChI=1S/C23H27N7O4/c1-32-18-14-17(15-19(33-2)22(18)34-3)26-23(31)30-12-10-29(11-13-30)21-5-4-20(27-28-21)25-16-6-8-24-9-7-16/h4-9,14-15H,10-13H2,1-3H3,(H,26,31)(H,24,25,27). The maximum Gasteiger partial charge on any atom is 0.321 e. The van der Waals surface area contributed by atoms with Crippen LogP contribution in [-0.2, 0) is 0 Å². The monoisotopic (exact) mass is 465 g/mol. The Labute approximate surface area is 197 Å². The van der Waals surface area contributed by atoms with Crippen molar-refractivity contribution in [2.24, 2.45) is 0 Å². The van der Waals surface area contributed by atoms with Crippen molar-refractivity contribution < 1.29 is 19.0 Å². The van der Waals surface area contributed by atoms with Crippen molar-refractivity contribution >= 4 is 29.0 Å². The molecular weight excluding hydrogens is 438 g/mol. The highest BCUT2D eigenvalue weighted by atomic mass is 16.5. The Bertz CT molecular complexity index is 1080. The van der Waals surface area contributed by atoms with Gasteiger partial charge < -0.3 is 34.6 Å². The molecule has 1 fully saturated rings. The second-order valence-electron chi connectivity index (χ2n) is 7.46. The van der Waals surface area contributed by atoms with Crippen LogP contribution in [0.5, 0.6) is 17.2 Å². The van der Waals surface area contributed by atoms with Crippen molar-refractivity contribution in [1.29, 1.82) is 0 Å². The van der Waals surface area contributed by atoms with E-state index in [0.29, 0.717) is 54.9 Å². The largest absolute Gasteiger partial charge is 0.493 e. The smallest absolute Gasteiger partial charge is 0.321 e. The van der Waals surface area contributed by atoms with E-state index < -0.39 is 0 Å². The lowest BCUT2D eigenvalue weighted by Gasteiger charge is -2.35. The molecule has 3 aromatic rings. The normalized spacial score (nSPS) is 13.3. The van der Waals surface area contributed by atoms with Crippen LogP contribution in [-0.4, -0.2) is 73.6 Å². The van der Waals surface area contributed by atoms with Gasteiger partial charge in [-0.1, -0.05) is 0 Å². The molecule has 3 heterocycles. The molecule has 0 radical (unpaired) electrons. The average Bonchev–Trinajstić information content (AvgIpc) is 2.89. The minimum atomic E-state index is -0.197. The Morgan fingerprint density at radius 2 is 1.53 bits per heavy atom. The van der Waals surface area contributed by atoms with Crippen LogP contribution in [0.3, 0.4) is 0 Å². The molecule has 0 atom stereocenters. The molecule has 1 aliphatic rings. The van der Waals surface area contributed by atoms with E-state index in [1.807, 2.05) is 24.3 Å². The van der Waals surface area contributed by atoms with Gasteiger partial charge in [-0.05, 0) is 24.3 Å². The summed E-state index contributed by atoms with van der Waals surface area (Å²) in [6.45, 7) is 2.40. The Balaban J connectivity index is 1.33. The van der Waals surface area contributed by atoms with E-state index >= 15 is 0 Å². The number of hydrogen-bond acceptors (Lipinski definition) is 9. The third kappa shape index (κ3) is 5.20. The second kappa shape index (κ2) is 10.6. The van der Waals surface area contributed by atoms with Gasteiger partial charge in [-0.2, -0.15) is 0 Å². The average molecular weight is 466 g/mol. The summed E-state index contributed by atoms with van der Waals surface area (Å²) in [6, 6.07) is 10.7. The predicted octanol–water partition coefficient (Wildman–Crippen LogP) is 3.00. The minimum absolute atomic E-state index is 0.197. The molecule has 0 bridgehead atoms. The number of benzene rings is 1. The van der Waals surface area contributed by atoms with Gasteiger partial charge in [0.2, 0.25) is 5.75 Å². The molecule has 1 aromatic carbocycles. The van der Waals surface area contributed by atoms with E-state index in [2.05, 4.69) is 30.7 Å². The van der Waals surface area contributed by atoms with Crippen molar-refractivity contribution in [3.05, 3.63) is 48.8 Å². The number of rotatable bonds is 7. The zero-order valence-corrected chi connectivity index (χ0v) is 19.3. The van der Waals surface area contributed by atoms with Crippen LogP contribution in [0.4, 0.5) is 27.8 Å². The number of anilines is 4. The zero-order chi connectivity index (χ0) is 23.9. The topological polar surface area (TPSA) is 114 Å². The van der Waals surface area contributed by atoms with Gasteiger partial charge in [-0.25, -0.2) is 4.79 Å². The number of piperazine rings is 1. The maximum absolute atomic E-state index is 12.8. The van der Waals surface area contributed by atoms with Crippen LogP contribution in [0.1, 0.15) is 0 Å². The Hall–Kier alpha value is -4.28. The molecule has 178 valence electrons. The van der Waals surface area contributed by atoms with Crippen LogP contribution < -0.4 is 29.7 Å². The first kappa shape index (κ1) is 22.9. The third-order valence-corrected chi connectivity index (χ3v) is 5.41. The number of hydrogen-bond donors (Lipinski definition) is 2. The number of ether oxygens (including phenoxy) is 3. The summed E-state index contributed by atoms with van der Waals surface area (Å²) < 4.78 is 16.0. The first-order valence-corrected chi connectivity index (χ1v) is 10.7. The summed E-state index contributed by atoms with van der Waals surface area (Å²) in [5.41, 5.74) is 1.45. The van der Waals surface area contributed by atoms with Gasteiger partial charge in [0.15, 0.2) is 23.1 Å². The van der Waals surface area contributed by atoms with Crippen molar-refractivity contribution in [2.75, 3.05) is 63.0 Å². The van der Waals surface area contributed by atoms with Crippen LogP contribution >= 0.6 is 0 Å². The summed E-state index contributed by atoms with van der Waals surface area (Å²) in [6.07, 6.45) is 3.42. The molecular formula is C23H27N7O4. The van der Waals surface area contributed by atoms with Gasteiger partial charge in [0.1, 0.15) is 0 Å². The number of urea groups is 1. The van der Waals surface area contributed by atoms with E-state index in [1.54, 1.807) is 29.4 Å². The van der Waals surface area contributed by atoms with Gasteiger partial charge in [0, 0.05) is 56.4 Å². The number of nitrogens with zero attached hydrogens (tertiary/aromatic N) is 5. The highest BCUT2D eigenvalue weighted by Crippen LogP contribution is 2.40. The molecule has 2 N–H and O–H groups in total. The van der Waals surface area contributed by atoms with Crippen LogP contribution in [0.2, 0.25) is 0 Å². The van der Waals surface area contributed by atoms with Gasteiger partial charge in [-0.15, -0.1) is 10.2 Å². The Kier molecular flexibility index (Phi) is 7.11. The molecule has 2 aromatic heterocycles. The number of aromatic nitrogens is 3. The lowest BCUT2D eigenvalue weighted by Crippen LogP contribution is -2.50. The molecule has 0 saturated carbocycles. The molecule has 0 aliphatic carbocycles. The molecule has 4 rings (SSSR count). The van der Waals surface area contributed by atoms with Gasteiger partial charge >= 0.3 is 6.03 Å². The summed E-state index contributed by atoms with van der Waals surface area (Å²) >= 11 is 0. The Morgan fingerprint density at radius 3 is 2.09 bits per heavy atom. The van der Waals surface area contributed by atoms with Gasteiger partial charge in [0.05, 0.1) is 27.0 Å². The molecule has 0 spiro atoms. The third-order valence-electron chi connectivity index (χ3n) is 5.41. The minimum Gasteiger partial charge on any atom is -0.493 e. The first-order chi connectivity index (χ1) is 16.6. The Morgan fingerprint density at radius 1 is 0.853 bits per heavy atom. The van der Waals surface area contributed by atoms with Crippen LogP contribution in [0.25, 0.3) is 0 Å². The number of pyridine rings is 1. The van der Waals surface area contributed by atoms with Gasteiger partial charge in [0.25, 0.3) is 0 Å². The van der Waals surface area contributed by atoms with E-state index in [9.17, 15) is 4.79 Å². The van der Waals surface area contributed by atoms with E-state index in [1.165, 1.54) is 21.3 Å². The molecule has 34 heavy (non-hydrogen) atoms.